The molecule has 1 aromatic carbocycles. The van der Waals surface area contributed by atoms with Gasteiger partial charge in [-0.05, 0) is 49.9 Å². The van der Waals surface area contributed by atoms with Crippen LogP contribution in [0.2, 0.25) is 5.02 Å². The second-order valence-electron chi connectivity index (χ2n) is 4.28. The summed E-state index contributed by atoms with van der Waals surface area (Å²) in [7, 11) is 1.73. The summed E-state index contributed by atoms with van der Waals surface area (Å²) in [6.07, 6.45) is 3.49. The molecule has 0 amide bonds. The fraction of sp³-hybridized carbons (Fsp3) is 0.571. The first-order valence-corrected chi connectivity index (χ1v) is 6.56. The number of nitrogens with one attached hydrogen (secondary N) is 1. The van der Waals surface area contributed by atoms with Crippen molar-refractivity contribution < 1.29 is 4.74 Å². The SMILES string of the molecule is COCCNCCCCc1ccc(C)c(Cl)c1. The van der Waals surface area contributed by atoms with Crippen LogP contribution in [-0.4, -0.2) is 26.8 Å². The van der Waals surface area contributed by atoms with Gasteiger partial charge in [-0.25, -0.2) is 0 Å². The van der Waals surface area contributed by atoms with Gasteiger partial charge >= 0.3 is 0 Å². The number of ether oxygens (including phenoxy) is 1. The summed E-state index contributed by atoms with van der Waals surface area (Å²) in [5, 5.41) is 4.22. The van der Waals surface area contributed by atoms with Gasteiger partial charge in [-0.3, -0.25) is 0 Å². The lowest BCUT2D eigenvalue weighted by molar-refractivity contribution is 0.199. The smallest absolute Gasteiger partial charge is 0.0587 e. The zero-order valence-corrected chi connectivity index (χ0v) is 11.5. The summed E-state index contributed by atoms with van der Waals surface area (Å²) in [5.41, 5.74) is 2.48. The van der Waals surface area contributed by atoms with Gasteiger partial charge in [0.15, 0.2) is 0 Å². The van der Waals surface area contributed by atoms with Crippen LogP contribution >= 0.6 is 11.6 Å². The first kappa shape index (κ1) is 14.5. The molecule has 96 valence electrons. The van der Waals surface area contributed by atoms with Crippen molar-refractivity contribution in [2.75, 3.05) is 26.8 Å². The standard InChI is InChI=1S/C14H22ClNO/c1-12-6-7-13(11-14(12)15)5-3-4-8-16-9-10-17-2/h6-7,11,16H,3-5,8-10H2,1-2H3. The number of rotatable bonds is 8. The third-order valence-electron chi connectivity index (χ3n) is 2.79. The van der Waals surface area contributed by atoms with E-state index in [4.69, 9.17) is 16.3 Å². The van der Waals surface area contributed by atoms with Gasteiger partial charge < -0.3 is 10.1 Å². The van der Waals surface area contributed by atoms with Gasteiger partial charge in [0.25, 0.3) is 0 Å². The Hall–Kier alpha value is -0.570. The van der Waals surface area contributed by atoms with E-state index in [1.807, 2.05) is 6.92 Å². The third kappa shape index (κ3) is 6.06. The Morgan fingerprint density at radius 2 is 2.06 bits per heavy atom. The highest BCUT2D eigenvalue weighted by Crippen LogP contribution is 2.17. The molecule has 0 radical (unpaired) electrons. The number of halogens is 1. The van der Waals surface area contributed by atoms with E-state index in [1.165, 1.54) is 18.4 Å². The quantitative estimate of drug-likeness (QED) is 0.721. The van der Waals surface area contributed by atoms with Crippen molar-refractivity contribution in [3.8, 4) is 0 Å². The zero-order valence-electron chi connectivity index (χ0n) is 10.8. The number of benzene rings is 1. The average molecular weight is 256 g/mol. The molecule has 3 heteroatoms. The molecule has 0 unspecified atom stereocenters. The number of hydrogen-bond acceptors (Lipinski definition) is 2. The van der Waals surface area contributed by atoms with E-state index in [2.05, 4.69) is 23.5 Å². The Labute approximate surface area is 109 Å². The maximum atomic E-state index is 6.08. The van der Waals surface area contributed by atoms with E-state index in [-0.39, 0.29) is 0 Å². The minimum absolute atomic E-state index is 0.785. The topological polar surface area (TPSA) is 21.3 Å². The zero-order chi connectivity index (χ0) is 12.5. The number of hydrogen-bond donors (Lipinski definition) is 1. The van der Waals surface area contributed by atoms with E-state index >= 15 is 0 Å². The van der Waals surface area contributed by atoms with Crippen LogP contribution in [0, 0.1) is 6.92 Å². The Balaban J connectivity index is 2.11. The second-order valence-corrected chi connectivity index (χ2v) is 4.69. The van der Waals surface area contributed by atoms with Crippen LogP contribution < -0.4 is 5.32 Å². The molecule has 0 spiro atoms. The molecule has 0 aliphatic rings. The molecular weight excluding hydrogens is 234 g/mol. The molecule has 0 saturated carbocycles. The van der Waals surface area contributed by atoms with Crippen LogP contribution in [-0.2, 0) is 11.2 Å². The molecule has 0 saturated heterocycles. The predicted molar refractivity (Wildman–Crippen MR) is 73.9 cm³/mol. The highest BCUT2D eigenvalue weighted by atomic mass is 35.5. The molecule has 1 aromatic rings. The van der Waals surface area contributed by atoms with E-state index in [0.717, 1.165) is 36.7 Å². The van der Waals surface area contributed by atoms with Crippen LogP contribution in [0.15, 0.2) is 18.2 Å². The van der Waals surface area contributed by atoms with Gasteiger partial charge in [0.05, 0.1) is 6.61 Å². The molecule has 0 aromatic heterocycles. The minimum atomic E-state index is 0.785. The monoisotopic (exact) mass is 255 g/mol. The first-order valence-electron chi connectivity index (χ1n) is 6.18. The highest BCUT2D eigenvalue weighted by Gasteiger charge is 1.98. The van der Waals surface area contributed by atoms with E-state index < -0.39 is 0 Å². The summed E-state index contributed by atoms with van der Waals surface area (Å²) >= 11 is 6.08. The molecule has 0 aliphatic heterocycles. The molecule has 0 aliphatic carbocycles. The lowest BCUT2D eigenvalue weighted by atomic mass is 10.1. The molecule has 2 nitrogen and oxygen atoms in total. The Morgan fingerprint density at radius 1 is 1.24 bits per heavy atom. The number of unbranched alkanes of at least 4 members (excludes halogenated alkanes) is 1. The molecule has 0 bridgehead atoms. The van der Waals surface area contributed by atoms with Crippen molar-refractivity contribution >= 4 is 11.6 Å². The predicted octanol–water partition coefficient (Wildman–Crippen LogP) is 3.21. The molecule has 0 fully saturated rings. The maximum Gasteiger partial charge on any atom is 0.0587 e. The van der Waals surface area contributed by atoms with Crippen LogP contribution in [0.3, 0.4) is 0 Å². The number of aryl methyl sites for hydroxylation is 2. The Kier molecular flexibility index (Phi) is 7.25. The molecule has 1 N–H and O–H groups in total. The van der Waals surface area contributed by atoms with Gasteiger partial charge in [0, 0.05) is 18.7 Å². The molecular formula is C14H22ClNO. The lowest BCUT2D eigenvalue weighted by Gasteiger charge is -2.05. The van der Waals surface area contributed by atoms with Crippen LogP contribution in [0.25, 0.3) is 0 Å². The van der Waals surface area contributed by atoms with Gasteiger partial charge in [-0.1, -0.05) is 23.7 Å². The summed E-state index contributed by atoms with van der Waals surface area (Å²) in [6.45, 7) is 4.81. The molecule has 0 heterocycles. The average Bonchev–Trinajstić information content (AvgIpc) is 2.32. The lowest BCUT2D eigenvalue weighted by Crippen LogP contribution is -2.20. The van der Waals surface area contributed by atoms with Crippen LogP contribution in [0.1, 0.15) is 24.0 Å². The maximum absolute atomic E-state index is 6.08. The van der Waals surface area contributed by atoms with E-state index in [1.54, 1.807) is 7.11 Å². The summed E-state index contributed by atoms with van der Waals surface area (Å²) < 4.78 is 4.96. The molecule has 1 rings (SSSR count). The Morgan fingerprint density at radius 3 is 2.76 bits per heavy atom. The normalized spacial score (nSPS) is 10.8. The van der Waals surface area contributed by atoms with E-state index in [0.29, 0.717) is 0 Å². The molecule has 17 heavy (non-hydrogen) atoms. The summed E-state index contributed by atoms with van der Waals surface area (Å²) in [6, 6.07) is 6.34. The largest absolute Gasteiger partial charge is 0.383 e. The Bertz CT molecular complexity index is 328. The highest BCUT2D eigenvalue weighted by molar-refractivity contribution is 6.31. The second kappa shape index (κ2) is 8.51. The van der Waals surface area contributed by atoms with Crippen molar-refractivity contribution in [2.45, 2.75) is 26.2 Å². The van der Waals surface area contributed by atoms with Crippen molar-refractivity contribution in [1.82, 2.24) is 5.32 Å². The van der Waals surface area contributed by atoms with Gasteiger partial charge in [0.1, 0.15) is 0 Å². The van der Waals surface area contributed by atoms with Crippen molar-refractivity contribution in [3.05, 3.63) is 34.3 Å². The van der Waals surface area contributed by atoms with Crippen LogP contribution in [0.4, 0.5) is 0 Å². The van der Waals surface area contributed by atoms with Crippen molar-refractivity contribution in [3.63, 3.8) is 0 Å². The van der Waals surface area contributed by atoms with E-state index in [9.17, 15) is 0 Å². The fourth-order valence-electron chi connectivity index (χ4n) is 1.67. The number of methoxy groups -OCH3 is 1. The third-order valence-corrected chi connectivity index (χ3v) is 3.20. The summed E-state index contributed by atoms with van der Waals surface area (Å²) in [5.74, 6) is 0. The fourth-order valence-corrected chi connectivity index (χ4v) is 1.87. The molecule has 0 atom stereocenters. The van der Waals surface area contributed by atoms with Gasteiger partial charge in [0.2, 0.25) is 0 Å². The van der Waals surface area contributed by atoms with Gasteiger partial charge in [-0.15, -0.1) is 0 Å². The minimum Gasteiger partial charge on any atom is -0.383 e. The summed E-state index contributed by atoms with van der Waals surface area (Å²) in [4.78, 5) is 0. The first-order chi connectivity index (χ1) is 8.24. The van der Waals surface area contributed by atoms with Crippen LogP contribution in [0.5, 0.6) is 0 Å². The van der Waals surface area contributed by atoms with Gasteiger partial charge in [-0.2, -0.15) is 0 Å². The van der Waals surface area contributed by atoms with Crippen molar-refractivity contribution in [1.29, 1.82) is 0 Å². The van der Waals surface area contributed by atoms with Crippen molar-refractivity contribution in [2.24, 2.45) is 0 Å².